The van der Waals surface area contributed by atoms with E-state index in [4.69, 9.17) is 9.47 Å². The highest BCUT2D eigenvalue weighted by Gasteiger charge is 2.13. The lowest BCUT2D eigenvalue weighted by molar-refractivity contribution is -0.137. The van der Waals surface area contributed by atoms with Crippen LogP contribution < -0.4 is 10.1 Å². The Kier molecular flexibility index (Phi) is 5.19. The van der Waals surface area contributed by atoms with Gasteiger partial charge in [0.1, 0.15) is 18.1 Å². The standard InChI is InChI=1S/C17H17NO5/c1-3-15(20)22-9-8-18-17(21)23-16-11(2)10-14(19)12-6-4-5-7-13(12)16/h3-7,10,19H,1,8-9H2,2H3,(H,18,21). The minimum absolute atomic E-state index is 0.0231. The number of phenols is 1. The summed E-state index contributed by atoms with van der Waals surface area (Å²) in [4.78, 5) is 22.7. The third-order valence-electron chi connectivity index (χ3n) is 3.14. The number of esters is 1. The number of rotatable bonds is 5. The van der Waals surface area contributed by atoms with E-state index in [0.29, 0.717) is 22.1 Å². The molecule has 0 spiro atoms. The molecule has 6 nitrogen and oxygen atoms in total. The van der Waals surface area contributed by atoms with Gasteiger partial charge in [0, 0.05) is 16.8 Å². The summed E-state index contributed by atoms with van der Waals surface area (Å²) < 4.78 is 10.1. The molecule has 0 aromatic heterocycles. The predicted molar refractivity (Wildman–Crippen MR) is 85.5 cm³/mol. The van der Waals surface area contributed by atoms with Crippen LogP contribution in [0.25, 0.3) is 10.8 Å². The zero-order chi connectivity index (χ0) is 16.8. The summed E-state index contributed by atoms with van der Waals surface area (Å²) in [5, 5.41) is 13.7. The first-order valence-electron chi connectivity index (χ1n) is 6.99. The van der Waals surface area contributed by atoms with E-state index in [1.807, 2.05) is 0 Å². The molecular formula is C17H17NO5. The first-order chi connectivity index (χ1) is 11.0. The minimum atomic E-state index is -0.668. The highest BCUT2D eigenvalue weighted by Crippen LogP contribution is 2.35. The van der Waals surface area contributed by atoms with Crippen LogP contribution in [-0.2, 0) is 9.53 Å². The number of hydrogen-bond donors (Lipinski definition) is 2. The number of phenolic OH excluding ortho intramolecular Hbond substituents is 1. The topological polar surface area (TPSA) is 84.9 Å². The van der Waals surface area contributed by atoms with Crippen LogP contribution in [0.5, 0.6) is 11.5 Å². The van der Waals surface area contributed by atoms with Crippen molar-refractivity contribution in [3.63, 3.8) is 0 Å². The van der Waals surface area contributed by atoms with Gasteiger partial charge in [0.2, 0.25) is 0 Å². The van der Waals surface area contributed by atoms with E-state index in [2.05, 4.69) is 11.9 Å². The highest BCUT2D eigenvalue weighted by atomic mass is 16.6. The molecule has 2 aromatic rings. The molecule has 2 N–H and O–H groups in total. The van der Waals surface area contributed by atoms with Crippen molar-refractivity contribution >= 4 is 22.8 Å². The Bertz CT molecular complexity index is 754. The van der Waals surface area contributed by atoms with Crippen LogP contribution >= 0.6 is 0 Å². The molecule has 0 saturated carbocycles. The van der Waals surface area contributed by atoms with Gasteiger partial charge in [-0.25, -0.2) is 9.59 Å². The Morgan fingerprint density at radius 2 is 2.00 bits per heavy atom. The van der Waals surface area contributed by atoms with E-state index in [1.54, 1.807) is 31.2 Å². The smallest absolute Gasteiger partial charge is 0.412 e. The van der Waals surface area contributed by atoms with Gasteiger partial charge in [-0.1, -0.05) is 30.8 Å². The van der Waals surface area contributed by atoms with Crippen molar-refractivity contribution in [1.82, 2.24) is 5.32 Å². The largest absolute Gasteiger partial charge is 0.507 e. The maximum Gasteiger partial charge on any atom is 0.412 e. The summed E-state index contributed by atoms with van der Waals surface area (Å²) in [5.74, 6) is -0.0540. The molecule has 0 bridgehead atoms. The molecular weight excluding hydrogens is 298 g/mol. The quantitative estimate of drug-likeness (QED) is 0.503. The average molecular weight is 315 g/mol. The molecule has 0 atom stereocenters. The molecule has 1 amide bonds. The van der Waals surface area contributed by atoms with Gasteiger partial charge in [0.05, 0.1) is 6.54 Å². The van der Waals surface area contributed by atoms with Crippen molar-refractivity contribution in [2.45, 2.75) is 6.92 Å². The van der Waals surface area contributed by atoms with E-state index in [1.165, 1.54) is 6.07 Å². The summed E-state index contributed by atoms with van der Waals surface area (Å²) in [6.45, 7) is 5.15. The third kappa shape index (κ3) is 4.00. The fourth-order valence-corrected chi connectivity index (χ4v) is 2.09. The molecule has 120 valence electrons. The molecule has 2 rings (SSSR count). The zero-order valence-electron chi connectivity index (χ0n) is 12.7. The lowest BCUT2D eigenvalue weighted by Gasteiger charge is -2.12. The Morgan fingerprint density at radius 1 is 1.30 bits per heavy atom. The summed E-state index contributed by atoms with van der Waals surface area (Å²) in [6.07, 6.45) is 0.378. The molecule has 0 fully saturated rings. The second kappa shape index (κ2) is 7.31. The number of aromatic hydroxyl groups is 1. The first-order valence-corrected chi connectivity index (χ1v) is 6.99. The van der Waals surface area contributed by atoms with Crippen LogP contribution in [0.15, 0.2) is 43.0 Å². The van der Waals surface area contributed by atoms with Crippen molar-refractivity contribution in [3.05, 3.63) is 48.6 Å². The van der Waals surface area contributed by atoms with E-state index in [9.17, 15) is 14.7 Å². The van der Waals surface area contributed by atoms with Gasteiger partial charge in [-0.3, -0.25) is 0 Å². The molecule has 0 aliphatic carbocycles. The fraction of sp³-hybridized carbons (Fsp3) is 0.176. The van der Waals surface area contributed by atoms with Gasteiger partial charge >= 0.3 is 12.1 Å². The van der Waals surface area contributed by atoms with Crippen LogP contribution in [-0.4, -0.2) is 30.3 Å². The van der Waals surface area contributed by atoms with E-state index in [0.717, 1.165) is 6.08 Å². The summed E-state index contributed by atoms with van der Waals surface area (Å²) in [6, 6.07) is 8.62. The molecule has 0 radical (unpaired) electrons. The minimum Gasteiger partial charge on any atom is -0.507 e. The lowest BCUT2D eigenvalue weighted by Crippen LogP contribution is -2.30. The van der Waals surface area contributed by atoms with Crippen LogP contribution in [0.2, 0.25) is 0 Å². The monoisotopic (exact) mass is 315 g/mol. The Labute approximate surface area is 133 Å². The number of carbonyl (C=O) groups excluding carboxylic acids is 2. The predicted octanol–water partition coefficient (Wildman–Crippen LogP) is 2.67. The number of hydrogen-bond acceptors (Lipinski definition) is 5. The van der Waals surface area contributed by atoms with Gasteiger partial charge in [-0.2, -0.15) is 0 Å². The van der Waals surface area contributed by atoms with Gasteiger partial charge in [0.25, 0.3) is 0 Å². The molecule has 0 unspecified atom stereocenters. The van der Waals surface area contributed by atoms with Crippen LogP contribution in [0.1, 0.15) is 5.56 Å². The van der Waals surface area contributed by atoms with Crippen molar-refractivity contribution in [2.75, 3.05) is 13.2 Å². The van der Waals surface area contributed by atoms with Crippen molar-refractivity contribution in [1.29, 1.82) is 0 Å². The second-order valence-electron chi connectivity index (χ2n) is 4.78. The van der Waals surface area contributed by atoms with E-state index >= 15 is 0 Å². The number of aryl methyl sites for hydroxylation is 1. The number of fused-ring (bicyclic) bond motifs is 1. The second-order valence-corrected chi connectivity index (χ2v) is 4.78. The molecule has 0 heterocycles. The molecule has 6 heteroatoms. The lowest BCUT2D eigenvalue weighted by atomic mass is 10.1. The van der Waals surface area contributed by atoms with Gasteiger partial charge in [-0.15, -0.1) is 0 Å². The normalized spacial score (nSPS) is 10.1. The van der Waals surface area contributed by atoms with Gasteiger partial charge < -0.3 is 19.9 Å². The van der Waals surface area contributed by atoms with Crippen molar-refractivity contribution < 1.29 is 24.2 Å². The number of benzene rings is 2. The molecule has 0 aliphatic rings. The maximum atomic E-state index is 11.9. The van der Waals surface area contributed by atoms with E-state index in [-0.39, 0.29) is 18.9 Å². The molecule has 2 aromatic carbocycles. The van der Waals surface area contributed by atoms with E-state index < -0.39 is 12.1 Å². The van der Waals surface area contributed by atoms with Crippen LogP contribution in [0, 0.1) is 6.92 Å². The number of nitrogens with one attached hydrogen (secondary N) is 1. The maximum absolute atomic E-state index is 11.9. The number of ether oxygens (including phenoxy) is 2. The zero-order valence-corrected chi connectivity index (χ0v) is 12.7. The number of carbonyl (C=O) groups is 2. The SMILES string of the molecule is C=CC(=O)OCCNC(=O)Oc1c(C)cc(O)c2ccccc12. The summed E-state index contributed by atoms with van der Waals surface area (Å²) >= 11 is 0. The molecule has 0 aliphatic heterocycles. The fourth-order valence-electron chi connectivity index (χ4n) is 2.09. The Morgan fingerprint density at radius 3 is 2.70 bits per heavy atom. The number of amides is 1. The molecule has 0 saturated heterocycles. The third-order valence-corrected chi connectivity index (χ3v) is 3.14. The van der Waals surface area contributed by atoms with Gasteiger partial charge in [0.15, 0.2) is 0 Å². The summed E-state index contributed by atoms with van der Waals surface area (Å²) in [5.41, 5.74) is 0.634. The summed E-state index contributed by atoms with van der Waals surface area (Å²) in [7, 11) is 0. The molecule has 23 heavy (non-hydrogen) atoms. The van der Waals surface area contributed by atoms with Gasteiger partial charge in [-0.05, 0) is 18.6 Å². The average Bonchev–Trinajstić information content (AvgIpc) is 2.55. The van der Waals surface area contributed by atoms with Crippen molar-refractivity contribution in [3.8, 4) is 11.5 Å². The Balaban J connectivity index is 2.05. The van der Waals surface area contributed by atoms with Crippen molar-refractivity contribution in [2.24, 2.45) is 0 Å². The van der Waals surface area contributed by atoms with Crippen LogP contribution in [0.4, 0.5) is 4.79 Å². The Hall–Kier alpha value is -3.02. The first kappa shape index (κ1) is 16.4. The van der Waals surface area contributed by atoms with Crippen LogP contribution in [0.3, 0.4) is 0 Å². The highest BCUT2D eigenvalue weighted by molar-refractivity contribution is 5.95.